The van der Waals surface area contributed by atoms with Crippen molar-refractivity contribution in [1.82, 2.24) is 0 Å². The van der Waals surface area contributed by atoms with Gasteiger partial charge >= 0.3 is 0 Å². The Morgan fingerprint density at radius 1 is 1.26 bits per heavy atom. The van der Waals surface area contributed by atoms with Gasteiger partial charge in [0.1, 0.15) is 0 Å². The first kappa shape index (κ1) is 14.6. The summed E-state index contributed by atoms with van der Waals surface area (Å²) in [7, 11) is 2.09. The van der Waals surface area contributed by atoms with Crippen molar-refractivity contribution in [2.24, 2.45) is 0 Å². The van der Waals surface area contributed by atoms with E-state index in [1.807, 2.05) is 12.1 Å². The maximum atomic E-state index is 9.60. The number of hydrogen-bond acceptors (Lipinski definition) is 3. The third kappa shape index (κ3) is 3.19. The minimum Gasteiger partial charge on any atom is -0.389 e. The highest BCUT2D eigenvalue weighted by Crippen LogP contribution is 2.34. The molecule has 0 radical (unpaired) electrons. The Labute approximate surface area is 126 Å². The number of hydrogen-bond donors (Lipinski definition) is 1. The predicted molar refractivity (Wildman–Crippen MR) is 85.9 cm³/mol. The zero-order valence-corrected chi connectivity index (χ0v) is 13.7. The fraction of sp³-hybridized carbons (Fsp3) is 0.333. The van der Waals surface area contributed by atoms with Crippen molar-refractivity contribution in [2.45, 2.75) is 26.0 Å². The van der Waals surface area contributed by atoms with Gasteiger partial charge in [-0.3, -0.25) is 0 Å². The first-order valence-electron chi connectivity index (χ1n) is 6.24. The molecule has 0 aliphatic carbocycles. The van der Waals surface area contributed by atoms with Gasteiger partial charge in [0, 0.05) is 16.4 Å². The molecule has 2 nitrogen and oxygen atoms in total. The first-order chi connectivity index (χ1) is 9.00. The van der Waals surface area contributed by atoms with Gasteiger partial charge in [0.15, 0.2) is 0 Å². The van der Waals surface area contributed by atoms with E-state index in [-0.39, 0.29) is 0 Å². The summed E-state index contributed by atoms with van der Waals surface area (Å²) < 4.78 is 1.01. The second-order valence-electron chi connectivity index (χ2n) is 4.69. The van der Waals surface area contributed by atoms with Crippen LogP contribution in [-0.4, -0.2) is 12.2 Å². The maximum Gasteiger partial charge on any atom is 0.0762 e. The monoisotopic (exact) mass is 339 g/mol. The van der Waals surface area contributed by atoms with Crippen LogP contribution in [0.3, 0.4) is 0 Å². The Hall–Kier alpha value is -0.840. The number of thiophene rings is 1. The van der Waals surface area contributed by atoms with Crippen LogP contribution in [0.2, 0.25) is 0 Å². The standard InChI is InChI=1S/C15H18BrNOS/c1-10(15-5-4-8-19-15)17(3)14-7-6-12(11(2)18)9-13(14)16/h4-11,18H,1-3H3. The zero-order valence-electron chi connectivity index (χ0n) is 11.3. The van der Waals surface area contributed by atoms with E-state index >= 15 is 0 Å². The third-order valence-electron chi connectivity index (χ3n) is 3.37. The van der Waals surface area contributed by atoms with Crippen molar-refractivity contribution in [2.75, 3.05) is 11.9 Å². The average Bonchev–Trinajstić information content (AvgIpc) is 2.90. The number of anilines is 1. The quantitative estimate of drug-likeness (QED) is 0.867. The molecule has 1 N–H and O–H groups in total. The Morgan fingerprint density at radius 3 is 2.53 bits per heavy atom. The largest absolute Gasteiger partial charge is 0.389 e. The summed E-state index contributed by atoms with van der Waals surface area (Å²) in [6.45, 7) is 3.97. The summed E-state index contributed by atoms with van der Waals surface area (Å²) in [5.74, 6) is 0. The van der Waals surface area contributed by atoms with Crippen molar-refractivity contribution in [3.05, 3.63) is 50.6 Å². The molecule has 0 amide bonds. The van der Waals surface area contributed by atoms with Crippen molar-refractivity contribution < 1.29 is 5.11 Å². The Balaban J connectivity index is 2.26. The second kappa shape index (κ2) is 6.07. The second-order valence-corrected chi connectivity index (χ2v) is 6.52. The minimum absolute atomic E-state index is 0.327. The molecule has 0 aliphatic rings. The molecule has 4 heteroatoms. The molecule has 0 fully saturated rings. The first-order valence-corrected chi connectivity index (χ1v) is 7.91. The van der Waals surface area contributed by atoms with Crippen LogP contribution in [0.15, 0.2) is 40.2 Å². The SMILES string of the molecule is CC(O)c1ccc(N(C)C(C)c2cccs2)c(Br)c1. The van der Waals surface area contributed by atoms with E-state index in [1.54, 1.807) is 18.3 Å². The van der Waals surface area contributed by atoms with Crippen LogP contribution in [0.1, 0.15) is 36.4 Å². The summed E-state index contributed by atoms with van der Waals surface area (Å²) in [5.41, 5.74) is 2.05. The van der Waals surface area contributed by atoms with Crippen LogP contribution in [0, 0.1) is 0 Å². The lowest BCUT2D eigenvalue weighted by atomic mass is 10.1. The van der Waals surface area contributed by atoms with Gasteiger partial charge in [0.2, 0.25) is 0 Å². The Kier molecular flexibility index (Phi) is 4.66. The average molecular weight is 340 g/mol. The van der Waals surface area contributed by atoms with Gasteiger partial charge in [0.25, 0.3) is 0 Å². The number of aliphatic hydroxyl groups is 1. The molecular weight excluding hydrogens is 322 g/mol. The van der Waals surface area contributed by atoms with Crippen molar-refractivity contribution in [1.29, 1.82) is 0 Å². The predicted octanol–water partition coefficient (Wildman–Crippen LogP) is 4.76. The molecule has 2 rings (SSSR count). The van der Waals surface area contributed by atoms with Gasteiger partial charge < -0.3 is 10.0 Å². The molecule has 2 aromatic rings. The normalized spacial score (nSPS) is 14.2. The molecule has 2 unspecified atom stereocenters. The fourth-order valence-electron chi connectivity index (χ4n) is 2.00. The van der Waals surface area contributed by atoms with Gasteiger partial charge in [0.05, 0.1) is 17.8 Å². The summed E-state index contributed by atoms with van der Waals surface area (Å²) in [4.78, 5) is 3.58. The topological polar surface area (TPSA) is 23.5 Å². The van der Waals surface area contributed by atoms with Crippen LogP contribution < -0.4 is 4.90 Å². The lowest BCUT2D eigenvalue weighted by Gasteiger charge is -2.27. The Morgan fingerprint density at radius 2 is 2.00 bits per heavy atom. The van der Waals surface area contributed by atoms with Gasteiger partial charge in [-0.25, -0.2) is 0 Å². The van der Waals surface area contributed by atoms with Crippen molar-refractivity contribution in [3.63, 3.8) is 0 Å². The minimum atomic E-state index is -0.439. The van der Waals surface area contributed by atoms with Crippen molar-refractivity contribution >= 4 is 33.0 Å². The van der Waals surface area contributed by atoms with Crippen LogP contribution >= 0.6 is 27.3 Å². The molecule has 1 heterocycles. The maximum absolute atomic E-state index is 9.60. The lowest BCUT2D eigenvalue weighted by molar-refractivity contribution is 0.199. The third-order valence-corrected chi connectivity index (χ3v) is 5.05. The molecule has 0 saturated carbocycles. The van der Waals surface area contributed by atoms with Crippen LogP contribution in [0.25, 0.3) is 0 Å². The van der Waals surface area contributed by atoms with Crippen molar-refractivity contribution in [3.8, 4) is 0 Å². The van der Waals surface area contributed by atoms with Gasteiger partial charge in [-0.15, -0.1) is 11.3 Å². The molecule has 102 valence electrons. The van der Waals surface area contributed by atoms with E-state index in [1.165, 1.54) is 4.88 Å². The van der Waals surface area contributed by atoms with Crippen LogP contribution in [0.5, 0.6) is 0 Å². The van der Waals surface area contributed by atoms with E-state index in [2.05, 4.69) is 58.4 Å². The van der Waals surface area contributed by atoms with E-state index in [4.69, 9.17) is 0 Å². The fourth-order valence-corrected chi connectivity index (χ4v) is 3.50. The molecule has 0 aliphatic heterocycles. The molecule has 0 spiro atoms. The van der Waals surface area contributed by atoms with Gasteiger partial charge in [-0.1, -0.05) is 12.1 Å². The molecular formula is C15H18BrNOS. The number of rotatable bonds is 4. The molecule has 19 heavy (non-hydrogen) atoms. The van der Waals surface area contributed by atoms with Crippen LogP contribution in [-0.2, 0) is 0 Å². The van der Waals surface area contributed by atoms with E-state index < -0.39 is 6.10 Å². The summed E-state index contributed by atoms with van der Waals surface area (Å²) in [6.07, 6.45) is -0.439. The zero-order chi connectivity index (χ0) is 14.0. The highest BCUT2D eigenvalue weighted by Gasteiger charge is 2.16. The highest BCUT2D eigenvalue weighted by molar-refractivity contribution is 9.10. The summed E-state index contributed by atoms with van der Waals surface area (Å²) in [5, 5.41) is 11.7. The number of aliphatic hydroxyl groups excluding tert-OH is 1. The number of benzene rings is 1. The van der Waals surface area contributed by atoms with E-state index in [0.29, 0.717) is 6.04 Å². The van der Waals surface area contributed by atoms with Crippen LogP contribution in [0.4, 0.5) is 5.69 Å². The lowest BCUT2D eigenvalue weighted by Crippen LogP contribution is -2.21. The Bertz CT molecular complexity index is 539. The molecule has 1 aromatic carbocycles. The summed E-state index contributed by atoms with van der Waals surface area (Å²) >= 11 is 5.37. The highest BCUT2D eigenvalue weighted by atomic mass is 79.9. The summed E-state index contributed by atoms with van der Waals surface area (Å²) in [6, 6.07) is 10.6. The smallest absolute Gasteiger partial charge is 0.0762 e. The number of nitrogens with zero attached hydrogens (tertiary/aromatic N) is 1. The molecule has 2 atom stereocenters. The van der Waals surface area contributed by atoms with Gasteiger partial charge in [-0.05, 0) is 58.9 Å². The molecule has 0 bridgehead atoms. The van der Waals surface area contributed by atoms with Gasteiger partial charge in [-0.2, -0.15) is 0 Å². The molecule has 0 saturated heterocycles. The van der Waals surface area contributed by atoms with E-state index in [9.17, 15) is 5.11 Å². The van der Waals surface area contributed by atoms with E-state index in [0.717, 1.165) is 15.7 Å². The number of halogens is 1. The molecule has 1 aromatic heterocycles.